The maximum absolute atomic E-state index is 10.3. The Kier molecular flexibility index (Phi) is 1.95. The fraction of sp³-hybridized carbons (Fsp3) is 0.889. The predicted octanol–water partition coefficient (Wildman–Crippen LogP) is 1.95. The number of nitrogens with one attached hydrogen (secondary N) is 1. The summed E-state index contributed by atoms with van der Waals surface area (Å²) in [5, 5.41) is 2.92. The Hall–Kier alpha value is -0.530. The van der Waals surface area contributed by atoms with E-state index in [1.807, 2.05) is 0 Å². The molecule has 1 rings (SSSR count). The highest BCUT2D eigenvalue weighted by molar-refractivity contribution is 5.48. The minimum atomic E-state index is 0. The summed E-state index contributed by atoms with van der Waals surface area (Å²) in [6.45, 7) is 6.62. The molecule has 1 amide bonds. The molecule has 0 spiro atoms. The molecule has 11 heavy (non-hydrogen) atoms. The molecular weight excluding hydrogens is 138 g/mol. The summed E-state index contributed by atoms with van der Waals surface area (Å²) in [4.78, 5) is 10.3. The fourth-order valence-corrected chi connectivity index (χ4v) is 2.36. The predicted molar refractivity (Wildman–Crippen MR) is 47.4 cm³/mol. The largest absolute Gasteiger partial charge is 0.353 e. The topological polar surface area (TPSA) is 29.1 Å². The molecule has 1 saturated carbocycles. The minimum Gasteiger partial charge on any atom is -0.353 e. The van der Waals surface area contributed by atoms with Gasteiger partial charge in [-0.1, -0.05) is 20.8 Å². The van der Waals surface area contributed by atoms with E-state index in [9.17, 15) is 4.79 Å². The van der Waals surface area contributed by atoms with Crippen LogP contribution in [0, 0.1) is 5.41 Å². The Morgan fingerprint density at radius 1 is 1.55 bits per heavy atom. The van der Waals surface area contributed by atoms with Gasteiger partial charge in [-0.2, -0.15) is 0 Å². The van der Waals surface area contributed by atoms with Crippen molar-refractivity contribution >= 4 is 6.41 Å². The molecule has 0 bridgehead atoms. The quantitative estimate of drug-likeness (QED) is 0.623. The molecule has 1 fully saturated rings. The molecular formula is C9H19NO. The molecule has 0 aliphatic heterocycles. The molecule has 66 valence electrons. The van der Waals surface area contributed by atoms with Gasteiger partial charge in [0.05, 0.1) is 0 Å². The van der Waals surface area contributed by atoms with Crippen molar-refractivity contribution in [2.24, 2.45) is 5.41 Å². The highest BCUT2D eigenvalue weighted by Gasteiger charge is 2.47. The van der Waals surface area contributed by atoms with E-state index in [2.05, 4.69) is 26.1 Å². The molecule has 0 saturated heterocycles. The van der Waals surface area contributed by atoms with Crippen LogP contribution in [-0.4, -0.2) is 11.9 Å². The Balaban J connectivity index is 0.00000121. The second-order valence-electron chi connectivity index (χ2n) is 4.41. The first-order valence-electron chi connectivity index (χ1n) is 4.25. The van der Waals surface area contributed by atoms with Crippen molar-refractivity contribution in [1.29, 1.82) is 0 Å². The fourth-order valence-electron chi connectivity index (χ4n) is 2.36. The van der Waals surface area contributed by atoms with Crippen LogP contribution in [0.15, 0.2) is 0 Å². The molecule has 0 unspecified atom stereocenters. The molecule has 1 aliphatic rings. The van der Waals surface area contributed by atoms with Gasteiger partial charge in [-0.3, -0.25) is 4.79 Å². The lowest BCUT2D eigenvalue weighted by Crippen LogP contribution is -2.57. The second kappa shape index (κ2) is 2.50. The summed E-state index contributed by atoms with van der Waals surface area (Å²) in [6, 6.07) is 0. The van der Waals surface area contributed by atoms with Crippen molar-refractivity contribution < 1.29 is 6.22 Å². The van der Waals surface area contributed by atoms with Gasteiger partial charge < -0.3 is 5.32 Å². The highest BCUT2D eigenvalue weighted by Crippen LogP contribution is 2.49. The van der Waals surface area contributed by atoms with E-state index in [4.69, 9.17) is 0 Å². The summed E-state index contributed by atoms with van der Waals surface area (Å²) < 4.78 is 0. The zero-order valence-corrected chi connectivity index (χ0v) is 7.61. The Labute approximate surface area is 69.8 Å². The van der Waals surface area contributed by atoms with Gasteiger partial charge in [-0.25, -0.2) is 0 Å². The van der Waals surface area contributed by atoms with Gasteiger partial charge in [0.15, 0.2) is 0 Å². The first-order chi connectivity index (χ1) is 5.04. The number of carbonyl (C=O) groups is 1. The molecule has 0 radical (unpaired) electrons. The van der Waals surface area contributed by atoms with Crippen LogP contribution >= 0.6 is 0 Å². The lowest BCUT2D eigenvalue weighted by molar-refractivity contribution is -0.114. The van der Waals surface area contributed by atoms with Crippen molar-refractivity contribution in [2.45, 2.75) is 45.6 Å². The van der Waals surface area contributed by atoms with Crippen LogP contribution in [0.5, 0.6) is 0 Å². The van der Waals surface area contributed by atoms with Crippen LogP contribution in [0.25, 0.3) is 0 Å². The standard InChI is InChI=1S/C9H17NO.H2/c1-4-9(10-7-11)5-8(2,3)6-9;/h7H,4-6H2,1-3H3,(H,10,11);1H. The van der Waals surface area contributed by atoms with Gasteiger partial charge in [0, 0.05) is 6.97 Å². The van der Waals surface area contributed by atoms with Crippen LogP contribution in [0.1, 0.15) is 41.5 Å². The van der Waals surface area contributed by atoms with Crippen LogP contribution in [0.4, 0.5) is 0 Å². The number of amides is 1. The molecule has 0 aromatic heterocycles. The zero-order valence-electron chi connectivity index (χ0n) is 7.61. The molecule has 1 aliphatic carbocycles. The average molecular weight is 157 g/mol. The molecule has 0 heterocycles. The first kappa shape index (κ1) is 8.57. The average Bonchev–Trinajstić information content (AvgIpc) is 1.84. The molecule has 1 N–H and O–H groups in total. The van der Waals surface area contributed by atoms with Gasteiger partial charge in [0.25, 0.3) is 0 Å². The van der Waals surface area contributed by atoms with Crippen molar-refractivity contribution in [3.05, 3.63) is 0 Å². The van der Waals surface area contributed by atoms with Gasteiger partial charge >= 0.3 is 0 Å². The smallest absolute Gasteiger partial charge is 0.207 e. The number of hydrogen-bond donors (Lipinski definition) is 1. The molecule has 2 heteroatoms. The molecule has 2 nitrogen and oxygen atoms in total. The summed E-state index contributed by atoms with van der Waals surface area (Å²) >= 11 is 0. The Morgan fingerprint density at radius 2 is 2.09 bits per heavy atom. The van der Waals surface area contributed by atoms with Crippen molar-refractivity contribution in [3.8, 4) is 0 Å². The molecule has 0 aromatic rings. The lowest BCUT2D eigenvalue weighted by atomic mass is 9.58. The molecule has 0 aromatic carbocycles. The van der Waals surface area contributed by atoms with E-state index in [1.54, 1.807) is 0 Å². The third-order valence-electron chi connectivity index (χ3n) is 2.68. The summed E-state index contributed by atoms with van der Waals surface area (Å²) in [5.41, 5.74) is 0.567. The van der Waals surface area contributed by atoms with Gasteiger partial charge in [-0.15, -0.1) is 0 Å². The third kappa shape index (κ3) is 1.55. The number of carbonyl (C=O) groups excluding carboxylic acids is 1. The summed E-state index contributed by atoms with van der Waals surface area (Å²) in [7, 11) is 0. The first-order valence-corrected chi connectivity index (χ1v) is 4.25. The van der Waals surface area contributed by atoms with Gasteiger partial charge in [0.2, 0.25) is 6.41 Å². The monoisotopic (exact) mass is 157 g/mol. The SMILES string of the molecule is CCC1(NC=O)CC(C)(C)C1.[HH]. The highest BCUT2D eigenvalue weighted by atomic mass is 16.1. The number of rotatable bonds is 3. The van der Waals surface area contributed by atoms with E-state index in [0.29, 0.717) is 5.41 Å². The normalized spacial score (nSPS) is 25.4. The second-order valence-corrected chi connectivity index (χ2v) is 4.41. The maximum Gasteiger partial charge on any atom is 0.207 e. The third-order valence-corrected chi connectivity index (χ3v) is 2.68. The Bertz CT molecular complexity index is 160. The summed E-state index contributed by atoms with van der Waals surface area (Å²) in [5.74, 6) is 0. The zero-order chi connectivity index (χ0) is 8.54. The van der Waals surface area contributed by atoms with Crippen LogP contribution < -0.4 is 5.32 Å². The van der Waals surface area contributed by atoms with Crippen molar-refractivity contribution in [3.63, 3.8) is 0 Å². The molecule has 0 atom stereocenters. The minimum absolute atomic E-state index is 0. The van der Waals surface area contributed by atoms with Gasteiger partial charge in [0.1, 0.15) is 0 Å². The van der Waals surface area contributed by atoms with E-state index in [-0.39, 0.29) is 6.97 Å². The summed E-state index contributed by atoms with van der Waals surface area (Å²) in [6.07, 6.45) is 4.12. The lowest BCUT2D eigenvalue weighted by Gasteiger charge is -2.52. The van der Waals surface area contributed by atoms with Crippen molar-refractivity contribution in [1.82, 2.24) is 5.32 Å². The van der Waals surface area contributed by atoms with E-state index >= 15 is 0 Å². The number of hydrogen-bond acceptors (Lipinski definition) is 1. The van der Waals surface area contributed by atoms with Crippen LogP contribution in [-0.2, 0) is 4.79 Å². The van der Waals surface area contributed by atoms with Crippen molar-refractivity contribution in [2.75, 3.05) is 0 Å². The van der Waals surface area contributed by atoms with Crippen LogP contribution in [0.2, 0.25) is 0 Å². The van der Waals surface area contributed by atoms with E-state index in [0.717, 1.165) is 25.7 Å². The maximum atomic E-state index is 10.3. The van der Waals surface area contributed by atoms with E-state index in [1.165, 1.54) is 0 Å². The van der Waals surface area contributed by atoms with Gasteiger partial charge in [-0.05, 0) is 24.7 Å². The van der Waals surface area contributed by atoms with Crippen LogP contribution in [0.3, 0.4) is 0 Å². The van der Waals surface area contributed by atoms with E-state index < -0.39 is 0 Å². The Morgan fingerprint density at radius 3 is 2.36 bits per heavy atom.